The second-order valence-corrected chi connectivity index (χ2v) is 6.88. The van der Waals surface area contributed by atoms with Crippen LogP contribution in [-0.4, -0.2) is 55.0 Å². The minimum atomic E-state index is 0.146. The molecule has 1 aliphatic heterocycles. The van der Waals surface area contributed by atoms with Gasteiger partial charge in [-0.05, 0) is 51.4 Å². The van der Waals surface area contributed by atoms with Gasteiger partial charge in [-0.25, -0.2) is 0 Å². The van der Waals surface area contributed by atoms with E-state index in [1.165, 1.54) is 16.7 Å². The van der Waals surface area contributed by atoms with E-state index in [0.29, 0.717) is 12.6 Å². The number of likely N-dealkylation sites (tertiary alicyclic amines) is 1. The Bertz CT molecular complexity index is 521. The Balaban J connectivity index is 1.76. The largest absolute Gasteiger partial charge is 0.352 e. The third-order valence-corrected chi connectivity index (χ3v) is 4.75. The first-order valence-electron chi connectivity index (χ1n) is 8.74. The molecule has 0 unspecified atom stereocenters. The smallest absolute Gasteiger partial charge is 0.234 e. The number of piperidine rings is 1. The van der Waals surface area contributed by atoms with Crippen LogP contribution in [0.25, 0.3) is 0 Å². The number of hydrogen-bond acceptors (Lipinski definition) is 3. The van der Waals surface area contributed by atoms with E-state index in [2.05, 4.69) is 54.1 Å². The quantitative estimate of drug-likeness (QED) is 0.875. The summed E-state index contributed by atoms with van der Waals surface area (Å²) in [5.41, 5.74) is 3.87. The van der Waals surface area contributed by atoms with E-state index < -0.39 is 0 Å². The third-order valence-electron chi connectivity index (χ3n) is 4.75. The van der Waals surface area contributed by atoms with Gasteiger partial charge in [-0.3, -0.25) is 9.69 Å². The second kappa shape index (κ2) is 8.46. The van der Waals surface area contributed by atoms with Gasteiger partial charge < -0.3 is 10.2 Å². The fourth-order valence-corrected chi connectivity index (χ4v) is 3.28. The van der Waals surface area contributed by atoms with Gasteiger partial charge in [0.25, 0.3) is 0 Å². The van der Waals surface area contributed by atoms with Gasteiger partial charge >= 0.3 is 0 Å². The average Bonchev–Trinajstić information content (AvgIpc) is 2.50. The fraction of sp³-hybridized carbons (Fsp3) is 0.632. The summed E-state index contributed by atoms with van der Waals surface area (Å²) in [6, 6.07) is 6.85. The molecule has 1 aromatic carbocycles. The van der Waals surface area contributed by atoms with Gasteiger partial charge in [0.15, 0.2) is 0 Å². The number of carbonyl (C=O) groups excluding carboxylic acids is 1. The highest BCUT2D eigenvalue weighted by Gasteiger charge is 2.20. The van der Waals surface area contributed by atoms with Gasteiger partial charge in [-0.1, -0.05) is 30.7 Å². The number of likely N-dealkylation sites (N-methyl/N-ethyl adjacent to an activating group) is 1. The molecule has 0 aliphatic carbocycles. The molecule has 4 nitrogen and oxygen atoms in total. The van der Waals surface area contributed by atoms with Crippen LogP contribution in [0.3, 0.4) is 0 Å². The molecule has 23 heavy (non-hydrogen) atoms. The number of carbonyl (C=O) groups is 1. The SMILES string of the molecule is CCN1CCC(NC(=O)CN(C)Cc2ccc(C)cc2C)CC1. The van der Waals surface area contributed by atoms with E-state index in [4.69, 9.17) is 0 Å². The van der Waals surface area contributed by atoms with Gasteiger partial charge in [-0.2, -0.15) is 0 Å². The molecule has 4 heteroatoms. The Morgan fingerprint density at radius 1 is 1.30 bits per heavy atom. The van der Waals surface area contributed by atoms with Crippen molar-refractivity contribution in [2.75, 3.05) is 33.2 Å². The maximum absolute atomic E-state index is 12.2. The molecule has 0 radical (unpaired) electrons. The van der Waals surface area contributed by atoms with Gasteiger partial charge in [0.05, 0.1) is 6.54 Å². The van der Waals surface area contributed by atoms with Gasteiger partial charge in [0, 0.05) is 25.7 Å². The number of benzene rings is 1. The molecule has 1 heterocycles. The summed E-state index contributed by atoms with van der Waals surface area (Å²) < 4.78 is 0. The molecule has 128 valence electrons. The molecule has 1 aliphatic rings. The van der Waals surface area contributed by atoms with E-state index in [1.807, 2.05) is 7.05 Å². The van der Waals surface area contributed by atoms with Crippen LogP contribution in [0, 0.1) is 13.8 Å². The number of rotatable bonds is 6. The van der Waals surface area contributed by atoms with Crippen molar-refractivity contribution >= 4 is 5.91 Å². The number of nitrogens with zero attached hydrogens (tertiary/aromatic N) is 2. The highest BCUT2D eigenvalue weighted by atomic mass is 16.2. The van der Waals surface area contributed by atoms with Gasteiger partial charge in [-0.15, -0.1) is 0 Å². The molecule has 0 spiro atoms. The molecule has 1 saturated heterocycles. The van der Waals surface area contributed by atoms with E-state index >= 15 is 0 Å². The van der Waals surface area contributed by atoms with E-state index in [-0.39, 0.29) is 5.91 Å². The Kier molecular flexibility index (Phi) is 6.60. The monoisotopic (exact) mass is 317 g/mol. The summed E-state index contributed by atoms with van der Waals surface area (Å²) in [5.74, 6) is 0.146. The van der Waals surface area contributed by atoms with Crippen molar-refractivity contribution < 1.29 is 4.79 Å². The highest BCUT2D eigenvalue weighted by molar-refractivity contribution is 5.78. The number of aryl methyl sites for hydroxylation is 2. The Morgan fingerprint density at radius 3 is 2.61 bits per heavy atom. The Morgan fingerprint density at radius 2 is 2.00 bits per heavy atom. The first-order chi connectivity index (χ1) is 11.0. The molecular weight excluding hydrogens is 286 g/mol. The zero-order chi connectivity index (χ0) is 16.8. The molecule has 0 bridgehead atoms. The first kappa shape index (κ1) is 18.0. The zero-order valence-corrected chi connectivity index (χ0v) is 15.1. The fourth-order valence-electron chi connectivity index (χ4n) is 3.28. The van der Waals surface area contributed by atoms with Gasteiger partial charge in [0.1, 0.15) is 0 Å². The van der Waals surface area contributed by atoms with Crippen molar-refractivity contribution in [3.8, 4) is 0 Å². The van der Waals surface area contributed by atoms with Crippen LogP contribution in [0.15, 0.2) is 18.2 Å². The molecule has 1 amide bonds. The van der Waals surface area contributed by atoms with Crippen LogP contribution >= 0.6 is 0 Å². The topological polar surface area (TPSA) is 35.6 Å². The van der Waals surface area contributed by atoms with Crippen molar-refractivity contribution in [1.29, 1.82) is 0 Å². The van der Waals surface area contributed by atoms with Crippen molar-refractivity contribution in [2.24, 2.45) is 0 Å². The second-order valence-electron chi connectivity index (χ2n) is 6.88. The average molecular weight is 317 g/mol. The molecule has 2 rings (SSSR count). The van der Waals surface area contributed by atoms with Crippen molar-refractivity contribution in [2.45, 2.75) is 46.2 Å². The lowest BCUT2D eigenvalue weighted by Crippen LogP contribution is -2.46. The number of amides is 1. The summed E-state index contributed by atoms with van der Waals surface area (Å²) in [6.45, 7) is 11.0. The van der Waals surface area contributed by atoms with E-state index in [1.54, 1.807) is 0 Å². The third kappa shape index (κ3) is 5.63. The summed E-state index contributed by atoms with van der Waals surface area (Å²) >= 11 is 0. The summed E-state index contributed by atoms with van der Waals surface area (Å²) in [5, 5.41) is 3.20. The number of hydrogen-bond donors (Lipinski definition) is 1. The van der Waals surface area contributed by atoms with Crippen LogP contribution in [0.5, 0.6) is 0 Å². The molecular formula is C19H31N3O. The minimum absolute atomic E-state index is 0.146. The molecule has 0 atom stereocenters. The zero-order valence-electron chi connectivity index (χ0n) is 15.1. The van der Waals surface area contributed by atoms with Crippen LogP contribution in [0.1, 0.15) is 36.5 Å². The lowest BCUT2D eigenvalue weighted by molar-refractivity contribution is -0.123. The molecule has 0 aromatic heterocycles. The van der Waals surface area contributed by atoms with Crippen molar-refractivity contribution in [1.82, 2.24) is 15.1 Å². The lowest BCUT2D eigenvalue weighted by atomic mass is 10.0. The molecule has 0 saturated carbocycles. The van der Waals surface area contributed by atoms with Crippen LogP contribution in [-0.2, 0) is 11.3 Å². The van der Waals surface area contributed by atoms with Crippen molar-refractivity contribution in [3.63, 3.8) is 0 Å². The Hall–Kier alpha value is -1.39. The molecule has 1 N–H and O–H groups in total. The minimum Gasteiger partial charge on any atom is -0.352 e. The maximum atomic E-state index is 12.2. The maximum Gasteiger partial charge on any atom is 0.234 e. The predicted molar refractivity (Wildman–Crippen MR) is 95.5 cm³/mol. The van der Waals surface area contributed by atoms with Gasteiger partial charge in [0.2, 0.25) is 5.91 Å². The molecule has 1 aromatic rings. The van der Waals surface area contributed by atoms with Crippen LogP contribution in [0.4, 0.5) is 0 Å². The van der Waals surface area contributed by atoms with Crippen molar-refractivity contribution in [3.05, 3.63) is 34.9 Å². The van der Waals surface area contributed by atoms with Crippen LogP contribution < -0.4 is 5.32 Å². The summed E-state index contributed by atoms with van der Waals surface area (Å²) in [6.07, 6.45) is 2.14. The van der Waals surface area contributed by atoms with Crippen LogP contribution in [0.2, 0.25) is 0 Å². The lowest BCUT2D eigenvalue weighted by Gasteiger charge is -2.31. The Labute approximate surface area is 140 Å². The summed E-state index contributed by atoms with van der Waals surface area (Å²) in [4.78, 5) is 16.8. The number of nitrogens with one attached hydrogen (secondary N) is 1. The predicted octanol–water partition coefficient (Wildman–Crippen LogP) is 2.34. The van der Waals surface area contributed by atoms with E-state index in [0.717, 1.165) is 39.0 Å². The first-order valence-corrected chi connectivity index (χ1v) is 8.74. The standard InChI is InChI=1S/C19H31N3O/c1-5-22-10-8-18(9-11-22)20-19(23)14-21(4)13-17-7-6-15(2)12-16(17)3/h6-7,12,18H,5,8-11,13-14H2,1-4H3,(H,20,23). The highest BCUT2D eigenvalue weighted by Crippen LogP contribution is 2.13. The molecule has 1 fully saturated rings. The summed E-state index contributed by atoms with van der Waals surface area (Å²) in [7, 11) is 2.01. The van der Waals surface area contributed by atoms with E-state index in [9.17, 15) is 4.79 Å². The normalized spacial score (nSPS) is 16.7.